The Bertz CT molecular complexity index is 713. The van der Waals surface area contributed by atoms with Crippen molar-refractivity contribution in [2.75, 3.05) is 47.4 Å². The van der Waals surface area contributed by atoms with Crippen LogP contribution in [0.15, 0.2) is 24.3 Å². The fourth-order valence-electron chi connectivity index (χ4n) is 4.42. The molecule has 1 atom stereocenters. The molecule has 154 valence electrons. The number of likely N-dealkylation sites (tertiary alicyclic amines) is 2. The third-order valence-corrected chi connectivity index (χ3v) is 6.20. The van der Waals surface area contributed by atoms with Crippen LogP contribution >= 0.6 is 0 Å². The van der Waals surface area contributed by atoms with Gasteiger partial charge in [0.25, 0.3) is 0 Å². The van der Waals surface area contributed by atoms with Gasteiger partial charge in [-0.1, -0.05) is 12.1 Å². The summed E-state index contributed by atoms with van der Waals surface area (Å²) in [6.45, 7) is 3.89. The van der Waals surface area contributed by atoms with Crippen molar-refractivity contribution in [3.05, 3.63) is 29.8 Å². The van der Waals surface area contributed by atoms with Gasteiger partial charge in [-0.3, -0.25) is 14.5 Å². The van der Waals surface area contributed by atoms with E-state index in [4.69, 9.17) is 4.74 Å². The normalized spacial score (nSPS) is 22.2. The molecular formula is C21H31N3O4. The third kappa shape index (κ3) is 4.31. The number of likely N-dealkylation sites (N-methyl/N-ethyl adjacent to an activating group) is 1. The van der Waals surface area contributed by atoms with E-state index in [1.54, 1.807) is 11.9 Å². The number of carboxylic acids is 1. The maximum atomic E-state index is 12.1. The molecule has 2 saturated heterocycles. The summed E-state index contributed by atoms with van der Waals surface area (Å²) in [5.74, 6) is -0.627. The zero-order valence-electron chi connectivity index (χ0n) is 17.1. The molecule has 1 aromatic carbocycles. The SMILES string of the molecule is CN(C)CCOc1cccc(CN2CCC3(CC2)[C@@H](C(=O)O)CC(=O)N3C)c1. The lowest BCUT2D eigenvalue weighted by Crippen LogP contribution is -2.55. The highest BCUT2D eigenvalue weighted by Gasteiger charge is 2.55. The Kier molecular flexibility index (Phi) is 6.25. The average Bonchev–Trinajstić information content (AvgIpc) is 2.89. The number of benzene rings is 1. The summed E-state index contributed by atoms with van der Waals surface area (Å²) < 4.78 is 5.82. The lowest BCUT2D eigenvalue weighted by Gasteiger charge is -2.45. The van der Waals surface area contributed by atoms with Crippen LogP contribution in [0.1, 0.15) is 24.8 Å². The first-order valence-corrected chi connectivity index (χ1v) is 9.90. The van der Waals surface area contributed by atoms with Crippen LogP contribution in [0.5, 0.6) is 5.75 Å². The number of ether oxygens (including phenoxy) is 1. The van der Waals surface area contributed by atoms with E-state index in [9.17, 15) is 14.7 Å². The molecule has 7 heteroatoms. The van der Waals surface area contributed by atoms with Gasteiger partial charge in [0, 0.05) is 39.6 Å². The molecule has 0 bridgehead atoms. The molecule has 2 aliphatic heterocycles. The van der Waals surface area contributed by atoms with Crippen molar-refractivity contribution >= 4 is 11.9 Å². The van der Waals surface area contributed by atoms with Gasteiger partial charge in [-0.15, -0.1) is 0 Å². The van der Waals surface area contributed by atoms with Gasteiger partial charge in [0.05, 0.1) is 11.5 Å². The van der Waals surface area contributed by atoms with Crippen molar-refractivity contribution < 1.29 is 19.4 Å². The summed E-state index contributed by atoms with van der Waals surface area (Å²) in [4.78, 5) is 29.9. The molecule has 0 aliphatic carbocycles. The summed E-state index contributed by atoms with van der Waals surface area (Å²) >= 11 is 0. The van der Waals surface area contributed by atoms with Crippen molar-refractivity contribution in [1.29, 1.82) is 0 Å². The third-order valence-electron chi connectivity index (χ3n) is 6.20. The molecular weight excluding hydrogens is 358 g/mol. The molecule has 1 N–H and O–H groups in total. The van der Waals surface area contributed by atoms with Gasteiger partial charge in [0.15, 0.2) is 0 Å². The van der Waals surface area contributed by atoms with Gasteiger partial charge in [-0.2, -0.15) is 0 Å². The van der Waals surface area contributed by atoms with Gasteiger partial charge in [0.1, 0.15) is 12.4 Å². The highest BCUT2D eigenvalue weighted by atomic mass is 16.5. The summed E-state index contributed by atoms with van der Waals surface area (Å²) in [5, 5.41) is 9.59. The van der Waals surface area contributed by atoms with Crippen LogP contribution in [0.3, 0.4) is 0 Å². The number of piperidine rings is 1. The fraction of sp³-hybridized carbons (Fsp3) is 0.619. The highest BCUT2D eigenvalue weighted by molar-refractivity contribution is 5.88. The number of aliphatic carboxylic acids is 1. The monoisotopic (exact) mass is 389 g/mol. The van der Waals surface area contributed by atoms with Crippen molar-refractivity contribution in [2.24, 2.45) is 5.92 Å². The van der Waals surface area contributed by atoms with Crippen LogP contribution < -0.4 is 4.74 Å². The quantitative estimate of drug-likeness (QED) is 0.762. The first kappa shape index (κ1) is 20.6. The maximum Gasteiger partial charge on any atom is 0.309 e. The molecule has 0 saturated carbocycles. The molecule has 7 nitrogen and oxygen atoms in total. The van der Waals surface area contributed by atoms with Crippen LogP contribution in [-0.2, 0) is 16.1 Å². The molecule has 1 amide bonds. The van der Waals surface area contributed by atoms with Gasteiger partial charge in [0.2, 0.25) is 5.91 Å². The Labute approximate surface area is 166 Å². The van der Waals surface area contributed by atoms with Gasteiger partial charge < -0.3 is 19.6 Å². The zero-order valence-corrected chi connectivity index (χ0v) is 17.1. The van der Waals surface area contributed by atoms with Gasteiger partial charge in [-0.05, 0) is 44.6 Å². The Hall–Kier alpha value is -2.12. The molecule has 1 spiro atoms. The maximum absolute atomic E-state index is 12.1. The minimum absolute atomic E-state index is 0.0524. The summed E-state index contributed by atoms with van der Waals surface area (Å²) in [7, 11) is 5.80. The van der Waals surface area contributed by atoms with Crippen molar-refractivity contribution in [2.45, 2.75) is 31.3 Å². The number of nitrogens with zero attached hydrogens (tertiary/aromatic N) is 3. The number of hydrogen-bond donors (Lipinski definition) is 1. The Morgan fingerprint density at radius 3 is 2.68 bits per heavy atom. The second-order valence-electron chi connectivity index (χ2n) is 8.23. The molecule has 2 heterocycles. The molecule has 28 heavy (non-hydrogen) atoms. The predicted octanol–water partition coefficient (Wildman–Crippen LogP) is 1.52. The molecule has 0 radical (unpaired) electrons. The minimum Gasteiger partial charge on any atom is -0.492 e. The number of amides is 1. The van der Waals surface area contributed by atoms with Crippen LogP contribution in [0, 0.1) is 5.92 Å². The fourth-order valence-corrected chi connectivity index (χ4v) is 4.42. The van der Waals surface area contributed by atoms with E-state index in [1.807, 2.05) is 26.2 Å². The average molecular weight is 389 g/mol. The number of carbonyl (C=O) groups excluding carboxylic acids is 1. The number of hydrogen-bond acceptors (Lipinski definition) is 5. The smallest absolute Gasteiger partial charge is 0.309 e. The standard InChI is InChI=1S/C21H31N3O4/c1-22(2)11-12-28-17-6-4-5-16(13-17)15-24-9-7-21(8-10-24)18(20(26)27)14-19(25)23(21)3/h4-6,13,18H,7-12,14-15H2,1-3H3,(H,26,27)/t18-/m1/s1. The van der Waals surface area contributed by atoms with Crippen molar-refractivity contribution in [3.63, 3.8) is 0 Å². The largest absolute Gasteiger partial charge is 0.492 e. The minimum atomic E-state index is -0.853. The van der Waals surface area contributed by atoms with E-state index < -0.39 is 17.4 Å². The van der Waals surface area contributed by atoms with E-state index in [1.165, 1.54) is 5.56 Å². The number of rotatable bonds is 7. The van der Waals surface area contributed by atoms with E-state index >= 15 is 0 Å². The molecule has 0 aromatic heterocycles. The van der Waals surface area contributed by atoms with Gasteiger partial charge >= 0.3 is 5.97 Å². The van der Waals surface area contributed by atoms with E-state index in [0.29, 0.717) is 19.4 Å². The Balaban J connectivity index is 1.58. The summed E-state index contributed by atoms with van der Waals surface area (Å²) in [6, 6.07) is 8.15. The first-order chi connectivity index (χ1) is 13.3. The molecule has 1 aromatic rings. The second kappa shape index (κ2) is 8.49. The van der Waals surface area contributed by atoms with Crippen molar-refractivity contribution in [1.82, 2.24) is 14.7 Å². The summed E-state index contributed by atoms with van der Waals surface area (Å²) in [6.07, 6.45) is 1.52. The molecule has 3 rings (SSSR count). The van der Waals surface area contributed by atoms with Crippen LogP contribution in [0.2, 0.25) is 0 Å². The number of carboxylic acid groups (broad SMARTS) is 1. The predicted molar refractivity (Wildman–Crippen MR) is 106 cm³/mol. The van der Waals surface area contributed by atoms with Gasteiger partial charge in [-0.25, -0.2) is 0 Å². The Morgan fingerprint density at radius 1 is 1.32 bits per heavy atom. The molecule has 2 aliphatic rings. The zero-order chi connectivity index (χ0) is 20.3. The molecule has 0 unspecified atom stereocenters. The highest BCUT2D eigenvalue weighted by Crippen LogP contribution is 2.43. The topological polar surface area (TPSA) is 73.3 Å². The lowest BCUT2D eigenvalue weighted by molar-refractivity contribution is -0.146. The Morgan fingerprint density at radius 2 is 2.04 bits per heavy atom. The van der Waals surface area contributed by atoms with E-state index in [-0.39, 0.29) is 12.3 Å². The lowest BCUT2D eigenvalue weighted by atomic mass is 9.77. The number of carbonyl (C=O) groups is 2. The van der Waals surface area contributed by atoms with E-state index in [2.05, 4.69) is 21.9 Å². The summed E-state index contributed by atoms with van der Waals surface area (Å²) in [5.41, 5.74) is 0.653. The first-order valence-electron chi connectivity index (χ1n) is 9.90. The van der Waals surface area contributed by atoms with Crippen LogP contribution in [0.4, 0.5) is 0 Å². The second-order valence-corrected chi connectivity index (χ2v) is 8.23. The van der Waals surface area contributed by atoms with Crippen LogP contribution in [-0.4, -0.2) is 84.6 Å². The molecule has 2 fully saturated rings. The van der Waals surface area contributed by atoms with Crippen molar-refractivity contribution in [3.8, 4) is 5.75 Å². The van der Waals surface area contributed by atoms with E-state index in [0.717, 1.165) is 31.9 Å². The van der Waals surface area contributed by atoms with Crippen LogP contribution in [0.25, 0.3) is 0 Å².